The second-order valence-corrected chi connectivity index (χ2v) is 4.80. The number of alkyl halides is 5. The summed E-state index contributed by atoms with van der Waals surface area (Å²) < 4.78 is 70.1. The zero-order valence-corrected chi connectivity index (χ0v) is 11.3. The van der Waals surface area contributed by atoms with Gasteiger partial charge in [0.15, 0.2) is 6.04 Å². The van der Waals surface area contributed by atoms with Crippen molar-refractivity contribution >= 4 is 5.69 Å². The third-order valence-corrected chi connectivity index (χ3v) is 3.22. The number of halogens is 5. The highest BCUT2D eigenvalue weighted by atomic mass is 19.4. The molecule has 120 valence electrons. The summed E-state index contributed by atoms with van der Waals surface area (Å²) in [5, 5.41) is 1.81. The third kappa shape index (κ3) is 2.40. The average Bonchev–Trinajstić information content (AvgIpc) is 2.83. The maximum Gasteiger partial charge on any atom is 0.456 e. The Morgan fingerprint density at radius 2 is 1.64 bits per heavy atom. The van der Waals surface area contributed by atoms with Crippen molar-refractivity contribution in [1.82, 2.24) is 0 Å². The van der Waals surface area contributed by atoms with E-state index >= 15 is 0 Å². The van der Waals surface area contributed by atoms with Gasteiger partial charge in [0.25, 0.3) is 0 Å². The van der Waals surface area contributed by atoms with Gasteiger partial charge in [-0.2, -0.15) is 22.0 Å². The summed E-state index contributed by atoms with van der Waals surface area (Å²) in [7, 11) is 0. The molecule has 22 heavy (non-hydrogen) atoms. The van der Waals surface area contributed by atoms with Crippen LogP contribution in [0, 0.1) is 13.8 Å². The molecule has 1 heterocycles. The molecule has 0 aliphatic rings. The topological polar surface area (TPSA) is 59.3 Å². The van der Waals surface area contributed by atoms with E-state index < -0.39 is 40.4 Å². The molecule has 0 spiro atoms. The van der Waals surface area contributed by atoms with Crippen molar-refractivity contribution in [2.24, 2.45) is 0 Å². The maximum absolute atomic E-state index is 13.7. The number of nitrogens with one attached hydrogen (secondary N) is 1. The number of anilines is 1. The van der Waals surface area contributed by atoms with Gasteiger partial charge in [-0.25, -0.2) is 0 Å². The molecule has 0 aliphatic carbocycles. The minimum absolute atomic E-state index is 0.126. The maximum atomic E-state index is 13.7. The first-order valence-electron chi connectivity index (χ1n) is 6.04. The minimum atomic E-state index is -5.86. The van der Waals surface area contributed by atoms with Crippen LogP contribution in [0.25, 0.3) is 0 Å². The van der Waals surface area contributed by atoms with Gasteiger partial charge in [-0.3, -0.25) is 9.59 Å². The summed E-state index contributed by atoms with van der Waals surface area (Å²) in [6.45, 7) is 2.52. The van der Waals surface area contributed by atoms with Crippen molar-refractivity contribution < 1.29 is 26.4 Å². The molecule has 2 aromatic rings. The lowest BCUT2D eigenvalue weighted by atomic mass is 10.0. The molecule has 0 amide bonds. The van der Waals surface area contributed by atoms with Gasteiger partial charge in [0.05, 0.1) is 5.69 Å². The van der Waals surface area contributed by atoms with Crippen LogP contribution in [0.4, 0.5) is 27.6 Å². The molecule has 0 aliphatic heterocycles. The highest BCUT2D eigenvalue weighted by Crippen LogP contribution is 2.46. The van der Waals surface area contributed by atoms with Crippen LogP contribution >= 0.6 is 0 Å². The molecular weight excluding hydrogens is 313 g/mol. The molecule has 0 bridgehead atoms. The van der Waals surface area contributed by atoms with Gasteiger partial charge >= 0.3 is 12.1 Å². The predicted octanol–water partition coefficient (Wildman–Crippen LogP) is 2.84. The highest BCUT2D eigenvalue weighted by molar-refractivity contribution is 5.57. The van der Waals surface area contributed by atoms with Crippen LogP contribution in [-0.4, -0.2) is 12.1 Å². The lowest BCUT2D eigenvalue weighted by molar-refractivity contribution is -0.290. The van der Waals surface area contributed by atoms with Crippen LogP contribution in [0.5, 0.6) is 0 Å². The van der Waals surface area contributed by atoms with Crippen LogP contribution in [0.1, 0.15) is 23.1 Å². The summed E-state index contributed by atoms with van der Waals surface area (Å²) in [5.74, 6) is -5.77. The van der Waals surface area contributed by atoms with Gasteiger partial charge < -0.3 is 9.73 Å². The molecule has 2 rings (SSSR count). The summed E-state index contributed by atoms with van der Waals surface area (Å²) >= 11 is 0. The zero-order chi connectivity index (χ0) is 16.9. The lowest BCUT2D eigenvalue weighted by Gasteiger charge is -2.29. The number of rotatable bonds is 4. The second-order valence-electron chi connectivity index (χ2n) is 4.80. The zero-order valence-electron chi connectivity index (χ0n) is 11.3. The van der Waals surface area contributed by atoms with E-state index in [-0.39, 0.29) is 11.3 Å². The molecular formula is C13H10F5NO3. The quantitative estimate of drug-likeness (QED) is 0.694. The first kappa shape index (κ1) is 16.2. The number of hydrogen-bond donors (Lipinski definition) is 1. The largest absolute Gasteiger partial charge is 0.464 e. The molecule has 1 unspecified atom stereocenters. The highest BCUT2D eigenvalue weighted by Gasteiger charge is 2.64. The van der Waals surface area contributed by atoms with Gasteiger partial charge in [0.1, 0.15) is 11.5 Å². The molecule has 4 nitrogen and oxygen atoms in total. The molecule has 9 heteroatoms. The van der Waals surface area contributed by atoms with Crippen molar-refractivity contribution in [1.29, 1.82) is 0 Å². The third-order valence-electron chi connectivity index (χ3n) is 3.22. The molecule has 0 fully saturated rings. The molecule has 0 saturated heterocycles. The van der Waals surface area contributed by atoms with Crippen LogP contribution in [0.15, 0.2) is 26.1 Å². The van der Waals surface area contributed by atoms with E-state index in [1.165, 1.54) is 13.0 Å². The van der Waals surface area contributed by atoms with Crippen molar-refractivity contribution in [2.45, 2.75) is 32.0 Å². The van der Waals surface area contributed by atoms with Crippen LogP contribution in [0.3, 0.4) is 0 Å². The van der Waals surface area contributed by atoms with Crippen LogP contribution in [-0.2, 0) is 0 Å². The first-order valence-corrected chi connectivity index (χ1v) is 6.04. The first-order chi connectivity index (χ1) is 9.96. The lowest BCUT2D eigenvalue weighted by Crippen LogP contribution is -2.47. The van der Waals surface area contributed by atoms with E-state index in [1.54, 1.807) is 5.32 Å². The Morgan fingerprint density at radius 3 is 2.05 bits per heavy atom. The predicted molar refractivity (Wildman–Crippen MR) is 66.9 cm³/mol. The standard InChI is InChI=1S/C13H10F5NO3/c1-5-3-4-7(22-5)11(12(14,15)13(16,17)18)19-8-6(2)9(20)10(8)21/h3-4,11,19H,1-2H3. The number of aryl methyl sites for hydroxylation is 1. The van der Waals surface area contributed by atoms with Gasteiger partial charge in [0.2, 0.25) is 10.9 Å². The van der Waals surface area contributed by atoms with E-state index in [9.17, 15) is 31.5 Å². The fraction of sp³-hybridized carbons (Fsp3) is 0.385. The Labute approximate surface area is 120 Å². The normalized spacial score (nSPS) is 14.3. The Bertz CT molecular complexity index is 767. The Balaban J connectivity index is 2.48. The van der Waals surface area contributed by atoms with E-state index in [2.05, 4.69) is 0 Å². The monoisotopic (exact) mass is 323 g/mol. The average molecular weight is 323 g/mol. The second kappa shape index (κ2) is 4.92. The van der Waals surface area contributed by atoms with E-state index in [4.69, 9.17) is 4.42 Å². The summed E-state index contributed by atoms with van der Waals surface area (Å²) in [6.07, 6.45) is -5.86. The van der Waals surface area contributed by atoms with E-state index in [0.717, 1.165) is 13.0 Å². The van der Waals surface area contributed by atoms with E-state index in [0.29, 0.717) is 0 Å². The minimum Gasteiger partial charge on any atom is -0.464 e. The summed E-state index contributed by atoms with van der Waals surface area (Å²) in [5.41, 5.74) is -2.82. The molecule has 0 saturated carbocycles. The van der Waals surface area contributed by atoms with Gasteiger partial charge in [-0.05, 0) is 26.0 Å². The van der Waals surface area contributed by atoms with Gasteiger partial charge in [-0.15, -0.1) is 0 Å². The van der Waals surface area contributed by atoms with Crippen molar-refractivity contribution in [2.75, 3.05) is 5.32 Å². The van der Waals surface area contributed by atoms with Crippen LogP contribution in [0.2, 0.25) is 0 Å². The van der Waals surface area contributed by atoms with Crippen LogP contribution < -0.4 is 16.2 Å². The molecule has 1 aromatic heterocycles. The summed E-state index contributed by atoms with van der Waals surface area (Å²) in [6, 6.07) is -0.484. The van der Waals surface area contributed by atoms with Crippen molar-refractivity contribution in [3.8, 4) is 0 Å². The SMILES string of the molecule is Cc1ccc(C(Nc2c(C)c(=O)c2=O)C(F)(F)C(F)(F)F)o1. The molecule has 0 radical (unpaired) electrons. The van der Waals surface area contributed by atoms with Gasteiger partial charge in [-0.1, -0.05) is 0 Å². The van der Waals surface area contributed by atoms with Gasteiger partial charge in [0, 0.05) is 5.56 Å². The molecule has 1 N–H and O–H groups in total. The van der Waals surface area contributed by atoms with E-state index in [1.807, 2.05) is 0 Å². The fourth-order valence-electron chi connectivity index (χ4n) is 1.94. The number of hydrogen-bond acceptors (Lipinski definition) is 4. The Morgan fingerprint density at radius 1 is 1.05 bits per heavy atom. The Hall–Kier alpha value is -2.19. The Kier molecular flexibility index (Phi) is 3.62. The van der Waals surface area contributed by atoms with Crippen molar-refractivity contribution in [3.63, 3.8) is 0 Å². The van der Waals surface area contributed by atoms with Crippen molar-refractivity contribution in [3.05, 3.63) is 49.7 Å². The smallest absolute Gasteiger partial charge is 0.456 e. The summed E-state index contributed by atoms with van der Waals surface area (Å²) in [4.78, 5) is 22.4. The molecule has 1 aromatic carbocycles. The molecule has 1 atom stereocenters. The fourth-order valence-corrected chi connectivity index (χ4v) is 1.94. The number of furan rings is 1.